The summed E-state index contributed by atoms with van der Waals surface area (Å²) in [4.78, 5) is 15.2. The maximum Gasteiger partial charge on any atom is 0.0795 e. The molecule has 1 aromatic carbocycles. The molecule has 86 valence electrons. The van der Waals surface area contributed by atoms with Crippen molar-refractivity contribution in [1.82, 2.24) is 4.98 Å². The van der Waals surface area contributed by atoms with Crippen LogP contribution < -0.4 is 5.11 Å². The van der Waals surface area contributed by atoms with E-state index in [1.807, 2.05) is 32.0 Å². The average Bonchev–Trinajstić information content (AvgIpc) is 2.33. The number of aromatic nitrogens is 1. The summed E-state index contributed by atoms with van der Waals surface area (Å²) < 4.78 is 0. The van der Waals surface area contributed by atoms with Gasteiger partial charge in [-0.25, -0.2) is 0 Å². The highest BCUT2D eigenvalue weighted by Crippen LogP contribution is 2.26. The quantitative estimate of drug-likeness (QED) is 0.783. The molecule has 1 heterocycles. The van der Waals surface area contributed by atoms with Crippen molar-refractivity contribution in [2.75, 3.05) is 0 Å². The van der Waals surface area contributed by atoms with E-state index in [4.69, 9.17) is 0 Å². The van der Waals surface area contributed by atoms with Gasteiger partial charge in [-0.1, -0.05) is 18.2 Å². The van der Waals surface area contributed by atoms with E-state index in [0.29, 0.717) is 5.69 Å². The standard InChI is InChI=1S/C14H13NO2/c1-9-5-3-6-11(10(9)2)13-12(14(16)17)7-4-8-15-13/h3-8H,1-2H3,(H,16,17)/p-1. The van der Waals surface area contributed by atoms with Gasteiger partial charge in [0, 0.05) is 17.3 Å². The zero-order valence-corrected chi connectivity index (χ0v) is 9.73. The van der Waals surface area contributed by atoms with Gasteiger partial charge in [-0.15, -0.1) is 0 Å². The number of benzene rings is 1. The molecule has 2 aromatic rings. The number of nitrogens with zero attached hydrogens (tertiary/aromatic N) is 1. The van der Waals surface area contributed by atoms with E-state index in [9.17, 15) is 9.90 Å². The van der Waals surface area contributed by atoms with E-state index in [0.717, 1.165) is 16.7 Å². The minimum Gasteiger partial charge on any atom is -0.545 e. The van der Waals surface area contributed by atoms with E-state index in [-0.39, 0.29) is 5.56 Å². The number of rotatable bonds is 2. The molecule has 0 N–H and O–H groups in total. The number of hydrogen-bond acceptors (Lipinski definition) is 3. The fraction of sp³-hybridized carbons (Fsp3) is 0.143. The fourth-order valence-electron chi connectivity index (χ4n) is 1.79. The van der Waals surface area contributed by atoms with Gasteiger partial charge in [-0.3, -0.25) is 4.98 Å². The third kappa shape index (κ3) is 2.04. The van der Waals surface area contributed by atoms with Gasteiger partial charge in [0.1, 0.15) is 0 Å². The lowest BCUT2D eigenvalue weighted by atomic mass is 9.98. The summed E-state index contributed by atoms with van der Waals surface area (Å²) in [7, 11) is 0. The van der Waals surface area contributed by atoms with Gasteiger partial charge in [0.2, 0.25) is 0 Å². The zero-order chi connectivity index (χ0) is 12.4. The molecule has 0 radical (unpaired) electrons. The molecular formula is C14H12NO2-. The Kier molecular flexibility index (Phi) is 2.91. The van der Waals surface area contributed by atoms with Gasteiger partial charge < -0.3 is 9.90 Å². The molecule has 3 nitrogen and oxygen atoms in total. The third-order valence-electron chi connectivity index (χ3n) is 2.89. The summed E-state index contributed by atoms with van der Waals surface area (Å²) in [5.41, 5.74) is 3.57. The van der Waals surface area contributed by atoms with Gasteiger partial charge in [0.25, 0.3) is 0 Å². The first-order valence-corrected chi connectivity index (χ1v) is 5.34. The maximum atomic E-state index is 11.0. The molecule has 0 saturated carbocycles. The minimum atomic E-state index is -1.20. The molecule has 0 bridgehead atoms. The summed E-state index contributed by atoms with van der Waals surface area (Å²) in [5, 5.41) is 11.0. The van der Waals surface area contributed by atoms with E-state index in [2.05, 4.69) is 4.98 Å². The van der Waals surface area contributed by atoms with Gasteiger partial charge >= 0.3 is 0 Å². The highest BCUT2D eigenvalue weighted by Gasteiger charge is 2.10. The first kappa shape index (κ1) is 11.3. The molecule has 0 atom stereocenters. The molecule has 0 fully saturated rings. The molecule has 0 amide bonds. The molecule has 2 rings (SSSR count). The number of carboxylic acid groups (broad SMARTS) is 1. The Morgan fingerprint density at radius 2 is 1.94 bits per heavy atom. The van der Waals surface area contributed by atoms with E-state index in [1.165, 1.54) is 6.07 Å². The molecule has 3 heteroatoms. The average molecular weight is 226 g/mol. The van der Waals surface area contributed by atoms with Crippen molar-refractivity contribution in [2.45, 2.75) is 13.8 Å². The highest BCUT2D eigenvalue weighted by atomic mass is 16.4. The lowest BCUT2D eigenvalue weighted by Gasteiger charge is -2.12. The fourth-order valence-corrected chi connectivity index (χ4v) is 1.79. The molecule has 0 aliphatic heterocycles. The van der Waals surface area contributed by atoms with Crippen LogP contribution in [-0.2, 0) is 0 Å². The van der Waals surface area contributed by atoms with E-state index < -0.39 is 5.97 Å². The number of carboxylic acids is 1. The molecule has 0 unspecified atom stereocenters. The Balaban J connectivity index is 2.69. The van der Waals surface area contributed by atoms with E-state index in [1.54, 1.807) is 12.3 Å². The van der Waals surface area contributed by atoms with Crippen molar-refractivity contribution in [1.29, 1.82) is 0 Å². The Hall–Kier alpha value is -2.16. The van der Waals surface area contributed by atoms with Crippen molar-refractivity contribution in [3.8, 4) is 11.3 Å². The summed E-state index contributed by atoms with van der Waals surface area (Å²) in [5.74, 6) is -1.20. The van der Waals surface area contributed by atoms with Crippen LogP contribution in [0.4, 0.5) is 0 Å². The van der Waals surface area contributed by atoms with Crippen molar-refractivity contribution in [3.63, 3.8) is 0 Å². The lowest BCUT2D eigenvalue weighted by molar-refractivity contribution is -0.254. The van der Waals surface area contributed by atoms with Crippen molar-refractivity contribution >= 4 is 5.97 Å². The largest absolute Gasteiger partial charge is 0.545 e. The zero-order valence-electron chi connectivity index (χ0n) is 9.73. The summed E-state index contributed by atoms with van der Waals surface area (Å²) in [6.45, 7) is 3.94. The summed E-state index contributed by atoms with van der Waals surface area (Å²) >= 11 is 0. The first-order valence-electron chi connectivity index (χ1n) is 5.34. The Labute approximate surface area is 99.8 Å². The van der Waals surface area contributed by atoms with Crippen LogP contribution in [0.2, 0.25) is 0 Å². The van der Waals surface area contributed by atoms with Crippen LogP contribution >= 0.6 is 0 Å². The van der Waals surface area contributed by atoms with Crippen molar-refractivity contribution in [3.05, 3.63) is 53.2 Å². The van der Waals surface area contributed by atoms with Crippen LogP contribution in [-0.4, -0.2) is 11.0 Å². The lowest BCUT2D eigenvalue weighted by Crippen LogP contribution is -2.23. The Morgan fingerprint density at radius 1 is 1.18 bits per heavy atom. The van der Waals surface area contributed by atoms with Gasteiger partial charge in [-0.2, -0.15) is 0 Å². The normalized spacial score (nSPS) is 10.2. The van der Waals surface area contributed by atoms with Crippen LogP contribution in [0.25, 0.3) is 11.3 Å². The predicted molar refractivity (Wildman–Crippen MR) is 63.5 cm³/mol. The summed E-state index contributed by atoms with van der Waals surface area (Å²) in [6, 6.07) is 8.86. The Bertz CT molecular complexity index is 576. The van der Waals surface area contributed by atoms with Crippen LogP contribution in [0.5, 0.6) is 0 Å². The molecule has 0 spiro atoms. The van der Waals surface area contributed by atoms with Crippen LogP contribution in [0.15, 0.2) is 36.5 Å². The molecular weight excluding hydrogens is 214 g/mol. The second-order valence-electron chi connectivity index (χ2n) is 3.93. The Morgan fingerprint density at radius 3 is 2.65 bits per heavy atom. The molecule has 0 aliphatic rings. The second kappa shape index (κ2) is 4.37. The van der Waals surface area contributed by atoms with Gasteiger partial charge in [0.15, 0.2) is 0 Å². The summed E-state index contributed by atoms with van der Waals surface area (Å²) in [6.07, 6.45) is 1.59. The highest BCUT2D eigenvalue weighted by molar-refractivity contribution is 5.93. The third-order valence-corrected chi connectivity index (χ3v) is 2.89. The predicted octanol–water partition coefficient (Wildman–Crippen LogP) is 1.73. The van der Waals surface area contributed by atoms with Crippen LogP contribution in [0.1, 0.15) is 21.5 Å². The molecule has 17 heavy (non-hydrogen) atoms. The molecule has 0 saturated heterocycles. The number of aryl methyl sites for hydroxylation is 1. The second-order valence-corrected chi connectivity index (χ2v) is 3.93. The number of carbonyl (C=O) groups excluding carboxylic acids is 1. The monoisotopic (exact) mass is 226 g/mol. The molecule has 1 aromatic heterocycles. The van der Waals surface area contributed by atoms with Crippen LogP contribution in [0.3, 0.4) is 0 Å². The smallest absolute Gasteiger partial charge is 0.0795 e. The number of pyridine rings is 1. The molecule has 0 aliphatic carbocycles. The SMILES string of the molecule is Cc1cccc(-c2ncccc2C(=O)[O-])c1C. The van der Waals surface area contributed by atoms with Gasteiger partial charge in [0.05, 0.1) is 11.7 Å². The topological polar surface area (TPSA) is 53.0 Å². The maximum absolute atomic E-state index is 11.0. The number of hydrogen-bond donors (Lipinski definition) is 0. The first-order chi connectivity index (χ1) is 8.11. The van der Waals surface area contributed by atoms with Crippen molar-refractivity contribution < 1.29 is 9.90 Å². The van der Waals surface area contributed by atoms with Crippen LogP contribution in [0, 0.1) is 13.8 Å². The number of carbonyl (C=O) groups is 1. The van der Waals surface area contributed by atoms with Crippen molar-refractivity contribution in [2.24, 2.45) is 0 Å². The number of aromatic carboxylic acids is 1. The van der Waals surface area contributed by atoms with Gasteiger partial charge in [-0.05, 0) is 37.1 Å². The minimum absolute atomic E-state index is 0.126. The van der Waals surface area contributed by atoms with E-state index >= 15 is 0 Å².